The lowest BCUT2D eigenvalue weighted by Crippen LogP contribution is -2.22. The first-order valence-electron chi connectivity index (χ1n) is 7.78. The van der Waals surface area contributed by atoms with E-state index < -0.39 is 5.41 Å². The molecule has 3 rings (SSSR count). The van der Waals surface area contributed by atoms with E-state index in [-0.39, 0.29) is 5.78 Å². The van der Waals surface area contributed by atoms with Gasteiger partial charge in [0.15, 0.2) is 11.6 Å². The summed E-state index contributed by atoms with van der Waals surface area (Å²) in [5, 5.41) is 0. The quantitative estimate of drug-likeness (QED) is 0.865. The number of allylic oxidation sites excluding steroid dienone is 2. The molecule has 0 N–H and O–H groups in total. The molecule has 1 aromatic heterocycles. The lowest BCUT2D eigenvalue weighted by Gasteiger charge is -2.20. The van der Waals surface area contributed by atoms with Crippen molar-refractivity contribution in [2.24, 2.45) is 5.41 Å². The van der Waals surface area contributed by atoms with Crippen molar-refractivity contribution in [3.8, 4) is 0 Å². The number of fused-ring (bicyclic) bond motifs is 1. The molecule has 0 saturated heterocycles. The van der Waals surface area contributed by atoms with Gasteiger partial charge in [-0.2, -0.15) is 0 Å². The summed E-state index contributed by atoms with van der Waals surface area (Å²) >= 11 is 0. The standard InChI is InChI=1S/C19H21N3O/c1-19(2,3)18(23)14-10-11-15-17(14)21-16(12-20-15)22(4)13-8-6-5-7-9-13/h5-10,12H,11H2,1-4H3. The van der Waals surface area contributed by atoms with Crippen LogP contribution < -0.4 is 4.90 Å². The highest BCUT2D eigenvalue weighted by Gasteiger charge is 2.31. The Hall–Kier alpha value is -2.49. The molecule has 1 heterocycles. The van der Waals surface area contributed by atoms with Crippen molar-refractivity contribution < 1.29 is 4.79 Å². The zero-order chi connectivity index (χ0) is 16.6. The van der Waals surface area contributed by atoms with Gasteiger partial charge in [0.05, 0.1) is 17.6 Å². The highest BCUT2D eigenvalue weighted by atomic mass is 16.1. The lowest BCUT2D eigenvalue weighted by molar-refractivity contribution is -0.120. The maximum atomic E-state index is 12.6. The van der Waals surface area contributed by atoms with Crippen LogP contribution in [0, 0.1) is 5.41 Å². The fraction of sp³-hybridized carbons (Fsp3) is 0.316. The van der Waals surface area contributed by atoms with Gasteiger partial charge in [-0.15, -0.1) is 0 Å². The Morgan fingerprint density at radius 3 is 2.52 bits per heavy atom. The number of anilines is 2. The van der Waals surface area contributed by atoms with Crippen molar-refractivity contribution in [1.82, 2.24) is 9.97 Å². The molecule has 2 aromatic rings. The molecule has 1 aliphatic carbocycles. The molecule has 1 aromatic carbocycles. The predicted octanol–water partition coefficient (Wildman–Crippen LogP) is 3.80. The van der Waals surface area contributed by atoms with Crippen LogP contribution in [0.15, 0.2) is 42.6 Å². The van der Waals surface area contributed by atoms with Crippen LogP contribution in [0.25, 0.3) is 5.57 Å². The minimum Gasteiger partial charge on any atom is -0.328 e. The average Bonchev–Trinajstić information content (AvgIpc) is 2.96. The minimum absolute atomic E-state index is 0.116. The number of rotatable bonds is 3. The topological polar surface area (TPSA) is 46.1 Å². The molecule has 23 heavy (non-hydrogen) atoms. The normalized spacial score (nSPS) is 13.5. The van der Waals surface area contributed by atoms with Crippen LogP contribution in [0.1, 0.15) is 32.2 Å². The van der Waals surface area contributed by atoms with E-state index in [2.05, 4.69) is 4.98 Å². The van der Waals surface area contributed by atoms with Crippen molar-refractivity contribution in [3.63, 3.8) is 0 Å². The summed E-state index contributed by atoms with van der Waals surface area (Å²) in [4.78, 5) is 23.8. The number of nitrogens with zero attached hydrogens (tertiary/aromatic N) is 3. The van der Waals surface area contributed by atoms with Gasteiger partial charge in [-0.3, -0.25) is 9.78 Å². The predicted molar refractivity (Wildman–Crippen MR) is 92.7 cm³/mol. The molecule has 0 saturated carbocycles. The molecule has 4 nitrogen and oxygen atoms in total. The number of hydrogen-bond acceptors (Lipinski definition) is 4. The second-order valence-corrected chi connectivity index (χ2v) is 6.82. The Kier molecular flexibility index (Phi) is 3.76. The number of hydrogen-bond donors (Lipinski definition) is 0. The van der Waals surface area contributed by atoms with E-state index in [0.717, 1.165) is 22.9 Å². The average molecular weight is 307 g/mol. The van der Waals surface area contributed by atoms with Crippen LogP contribution >= 0.6 is 0 Å². The second kappa shape index (κ2) is 5.61. The number of para-hydroxylation sites is 1. The molecule has 118 valence electrons. The van der Waals surface area contributed by atoms with Gasteiger partial charge in [-0.25, -0.2) is 4.98 Å². The molecular weight excluding hydrogens is 286 g/mol. The Labute approximate surface area is 136 Å². The summed E-state index contributed by atoms with van der Waals surface area (Å²) in [6.45, 7) is 5.80. The van der Waals surface area contributed by atoms with Crippen molar-refractivity contribution in [1.29, 1.82) is 0 Å². The molecule has 0 spiro atoms. The monoisotopic (exact) mass is 307 g/mol. The van der Waals surface area contributed by atoms with Gasteiger partial charge in [0, 0.05) is 30.1 Å². The van der Waals surface area contributed by atoms with Crippen LogP contribution in [-0.4, -0.2) is 22.8 Å². The van der Waals surface area contributed by atoms with E-state index in [4.69, 9.17) is 4.98 Å². The van der Waals surface area contributed by atoms with E-state index in [1.807, 2.05) is 69.1 Å². The number of carbonyl (C=O) groups is 1. The van der Waals surface area contributed by atoms with E-state index >= 15 is 0 Å². The summed E-state index contributed by atoms with van der Waals surface area (Å²) in [6, 6.07) is 9.99. The Morgan fingerprint density at radius 1 is 1.17 bits per heavy atom. The van der Waals surface area contributed by atoms with Gasteiger partial charge in [0.1, 0.15) is 0 Å². The van der Waals surface area contributed by atoms with E-state index in [1.165, 1.54) is 0 Å². The fourth-order valence-electron chi connectivity index (χ4n) is 2.61. The van der Waals surface area contributed by atoms with Gasteiger partial charge < -0.3 is 4.90 Å². The highest BCUT2D eigenvalue weighted by Crippen LogP contribution is 2.33. The molecular formula is C19H21N3O. The van der Waals surface area contributed by atoms with Crippen LogP contribution in [0.3, 0.4) is 0 Å². The molecule has 0 atom stereocenters. The Balaban J connectivity index is 1.97. The van der Waals surface area contributed by atoms with E-state index in [0.29, 0.717) is 12.0 Å². The summed E-state index contributed by atoms with van der Waals surface area (Å²) in [6.07, 6.45) is 4.39. The number of carbonyl (C=O) groups excluding carboxylic acids is 1. The number of ketones is 1. The molecule has 0 unspecified atom stereocenters. The second-order valence-electron chi connectivity index (χ2n) is 6.82. The van der Waals surface area contributed by atoms with Crippen molar-refractivity contribution in [2.45, 2.75) is 27.2 Å². The molecule has 4 heteroatoms. The fourth-order valence-corrected chi connectivity index (χ4v) is 2.61. The van der Waals surface area contributed by atoms with E-state index in [9.17, 15) is 4.79 Å². The Morgan fingerprint density at radius 2 is 1.87 bits per heavy atom. The summed E-state index contributed by atoms with van der Waals surface area (Å²) < 4.78 is 0. The first-order chi connectivity index (χ1) is 10.9. The van der Waals surface area contributed by atoms with Gasteiger partial charge >= 0.3 is 0 Å². The van der Waals surface area contributed by atoms with Crippen LogP contribution in [0.4, 0.5) is 11.5 Å². The Bertz CT molecular complexity index is 773. The number of Topliss-reactive ketones (excluding diaryl/α,β-unsaturated/α-hetero) is 1. The summed E-state index contributed by atoms with van der Waals surface area (Å²) in [5.74, 6) is 0.856. The van der Waals surface area contributed by atoms with Gasteiger partial charge in [-0.1, -0.05) is 45.0 Å². The van der Waals surface area contributed by atoms with Crippen LogP contribution in [0.2, 0.25) is 0 Å². The van der Waals surface area contributed by atoms with Crippen molar-refractivity contribution in [3.05, 3.63) is 54.0 Å². The summed E-state index contributed by atoms with van der Waals surface area (Å²) in [7, 11) is 1.95. The molecule has 1 aliphatic rings. The zero-order valence-electron chi connectivity index (χ0n) is 14.0. The smallest absolute Gasteiger partial charge is 0.170 e. The van der Waals surface area contributed by atoms with Gasteiger partial charge in [-0.05, 0) is 12.1 Å². The number of aromatic nitrogens is 2. The first-order valence-corrected chi connectivity index (χ1v) is 7.78. The molecule has 0 fully saturated rings. The maximum absolute atomic E-state index is 12.6. The third-order valence-corrected chi connectivity index (χ3v) is 4.00. The molecule has 0 radical (unpaired) electrons. The first kappa shape index (κ1) is 15.4. The largest absolute Gasteiger partial charge is 0.328 e. The van der Waals surface area contributed by atoms with E-state index in [1.54, 1.807) is 6.20 Å². The third kappa shape index (κ3) is 2.89. The number of benzene rings is 1. The van der Waals surface area contributed by atoms with Gasteiger partial charge in [0.2, 0.25) is 0 Å². The van der Waals surface area contributed by atoms with Crippen molar-refractivity contribution >= 4 is 22.9 Å². The zero-order valence-corrected chi connectivity index (χ0v) is 14.0. The third-order valence-electron chi connectivity index (χ3n) is 4.00. The van der Waals surface area contributed by atoms with Gasteiger partial charge in [0.25, 0.3) is 0 Å². The maximum Gasteiger partial charge on any atom is 0.170 e. The highest BCUT2D eigenvalue weighted by molar-refractivity contribution is 6.23. The summed E-state index contributed by atoms with van der Waals surface area (Å²) in [5.41, 5.74) is 2.92. The molecule has 0 amide bonds. The molecule has 0 aliphatic heterocycles. The SMILES string of the molecule is CN(c1ccccc1)c1cnc2c(n1)C(C(=O)C(C)(C)C)=CC2. The minimum atomic E-state index is -0.420. The van der Waals surface area contributed by atoms with Crippen LogP contribution in [0.5, 0.6) is 0 Å². The molecule has 0 bridgehead atoms. The lowest BCUT2D eigenvalue weighted by atomic mass is 9.86. The van der Waals surface area contributed by atoms with Crippen molar-refractivity contribution in [2.75, 3.05) is 11.9 Å². The van der Waals surface area contributed by atoms with Crippen LogP contribution in [-0.2, 0) is 11.2 Å².